The van der Waals surface area contributed by atoms with Gasteiger partial charge in [0.05, 0.1) is 24.2 Å². The van der Waals surface area contributed by atoms with E-state index in [1.807, 2.05) is 112 Å². The van der Waals surface area contributed by atoms with Crippen LogP contribution in [0.1, 0.15) is 157 Å². The Morgan fingerprint density at radius 2 is 0.517 bits per heavy atom. The highest BCUT2D eigenvalue weighted by Crippen LogP contribution is 2.36. The quantitative estimate of drug-likeness (QED) is 0.0568. The number of carbonyl (C=O) groups excluding carboxylic acids is 6. The Morgan fingerprint density at radius 1 is 0.328 bits per heavy atom. The molecule has 16 N–H and O–H groups in total. The van der Waals surface area contributed by atoms with Crippen molar-refractivity contribution in [3.63, 3.8) is 0 Å². The van der Waals surface area contributed by atoms with Crippen LogP contribution in [0.2, 0.25) is 10.3 Å². The Kier molecular flexibility index (Phi) is 33.1. The van der Waals surface area contributed by atoms with E-state index in [1.54, 1.807) is 83.1 Å². The number of aliphatic hydroxyl groups excluding tert-OH is 1. The lowest BCUT2D eigenvalue weighted by Crippen LogP contribution is -2.58. The lowest BCUT2D eigenvalue weighted by atomic mass is 9.99. The topological polar surface area (TPSA) is 457 Å². The summed E-state index contributed by atoms with van der Waals surface area (Å²) in [6, 6.07) is 21.8. The highest BCUT2D eigenvalue weighted by atomic mass is 35.5. The van der Waals surface area contributed by atoms with Gasteiger partial charge in [0.1, 0.15) is 33.6 Å². The number of nitrogens with one attached hydrogen (secondary N) is 7. The zero-order valence-electron chi connectivity index (χ0n) is 70.7. The van der Waals surface area contributed by atoms with Crippen molar-refractivity contribution in [2.45, 2.75) is 251 Å². The molecule has 5 aliphatic rings. The second-order valence-corrected chi connectivity index (χ2v) is 36.4. The number of anilines is 4. The molecule has 6 amide bonds. The molecule has 8 heterocycles. The summed E-state index contributed by atoms with van der Waals surface area (Å²) < 4.78 is 32.7. The maximum absolute atomic E-state index is 12.9. The Hall–Kier alpha value is -9.16. The lowest BCUT2D eigenvalue weighted by molar-refractivity contribution is 0.0448. The molecule has 0 radical (unpaired) electrons. The van der Waals surface area contributed by atoms with E-state index in [0.717, 1.165) is 90.1 Å². The molecule has 116 heavy (non-hydrogen) atoms. The Balaban J connectivity index is 0.000000245. The Morgan fingerprint density at radius 3 is 0.733 bits per heavy atom. The van der Waals surface area contributed by atoms with E-state index in [1.165, 1.54) is 0 Å². The highest BCUT2D eigenvalue weighted by Gasteiger charge is 2.38. The normalized spacial score (nSPS) is 22.0. The van der Waals surface area contributed by atoms with Crippen molar-refractivity contribution in [2.24, 2.45) is 22.9 Å². The molecular formula is C80H125Cl2N21O13. The molecule has 3 aromatic heterocycles. The summed E-state index contributed by atoms with van der Waals surface area (Å²) >= 11 is 11.6. The molecule has 5 aliphatic heterocycles. The number of nitrogens with zero attached hydrogens (tertiary/aromatic N) is 10. The second-order valence-electron chi connectivity index (χ2n) is 35.7. The zero-order valence-corrected chi connectivity index (χ0v) is 72.2. The fraction of sp³-hybridized carbons (Fsp3) is 0.625. The van der Waals surface area contributed by atoms with Crippen LogP contribution in [0.25, 0.3) is 32.3 Å². The summed E-state index contributed by atoms with van der Waals surface area (Å²) in [5.41, 5.74) is 20.8. The van der Waals surface area contributed by atoms with Gasteiger partial charge in [0.2, 0.25) is 0 Å². The fourth-order valence-corrected chi connectivity index (χ4v) is 14.2. The lowest BCUT2D eigenvalue weighted by Gasteiger charge is -2.40. The maximum Gasteiger partial charge on any atom is 0.407 e. The number of aliphatic hydroxyl groups is 1. The summed E-state index contributed by atoms with van der Waals surface area (Å²) in [6.45, 7) is 38.2. The van der Waals surface area contributed by atoms with E-state index < -0.39 is 94.3 Å². The van der Waals surface area contributed by atoms with E-state index >= 15 is 0 Å². The number of alkyl carbamates (subject to hydrolysis) is 6. The minimum absolute atomic E-state index is 0.0529. The van der Waals surface area contributed by atoms with Gasteiger partial charge in [0.15, 0.2) is 33.6 Å². The van der Waals surface area contributed by atoms with Crippen molar-refractivity contribution in [3.8, 4) is 0 Å². The smallest absolute Gasteiger partial charge is 0.407 e. The molecule has 5 saturated heterocycles. The van der Waals surface area contributed by atoms with Gasteiger partial charge in [-0.05, 0) is 157 Å². The maximum atomic E-state index is 12.9. The minimum Gasteiger partial charge on any atom is -0.444 e. The minimum atomic E-state index is -0.693. The number of amides is 6. The molecule has 36 heteroatoms. The van der Waals surface area contributed by atoms with Crippen LogP contribution in [0.5, 0.6) is 0 Å². The average Bonchev–Trinajstić information content (AvgIpc) is 0.769. The molecule has 10 atom stereocenters. The van der Waals surface area contributed by atoms with Crippen LogP contribution in [0, 0.1) is 0 Å². The summed E-state index contributed by atoms with van der Waals surface area (Å²) in [7, 11) is 1.00. The number of aromatic nitrogens is 6. The molecule has 0 saturated carbocycles. The third-order valence-electron chi connectivity index (χ3n) is 17.7. The van der Waals surface area contributed by atoms with Gasteiger partial charge < -0.3 is 113 Å². The van der Waals surface area contributed by atoms with Crippen LogP contribution in [-0.4, -0.2) is 239 Å². The molecule has 0 bridgehead atoms. The third kappa shape index (κ3) is 31.0. The number of halogens is 2. The predicted molar refractivity (Wildman–Crippen MR) is 452 cm³/mol. The Labute approximate surface area is 691 Å². The van der Waals surface area contributed by atoms with Gasteiger partial charge in [-0.2, -0.15) is 0 Å². The van der Waals surface area contributed by atoms with E-state index in [-0.39, 0.29) is 36.3 Å². The third-order valence-corrected chi connectivity index (χ3v) is 18.3. The average molecular weight is 1660 g/mol. The van der Waals surface area contributed by atoms with Gasteiger partial charge in [-0.3, -0.25) is 0 Å². The molecular weight excluding hydrogens is 1530 g/mol. The van der Waals surface area contributed by atoms with E-state index in [4.69, 9.17) is 89.9 Å². The number of piperidine rings is 5. The summed E-state index contributed by atoms with van der Waals surface area (Å²) in [5, 5.41) is 59.8. The van der Waals surface area contributed by atoms with Crippen molar-refractivity contribution in [1.82, 2.24) is 67.8 Å². The summed E-state index contributed by atoms with van der Waals surface area (Å²) in [5.74, 6) is 2.82. The molecule has 3 aromatic carbocycles. The van der Waals surface area contributed by atoms with Gasteiger partial charge in [0.25, 0.3) is 0 Å². The number of ether oxygens (including phenoxy) is 6. The monoisotopic (exact) mass is 1660 g/mol. The Bertz CT molecular complexity index is 3910. The summed E-state index contributed by atoms with van der Waals surface area (Å²) in [6.07, 6.45) is 0.0235. The molecule has 34 nitrogen and oxygen atoms in total. The number of benzene rings is 3. The molecule has 5 fully saturated rings. The van der Waals surface area contributed by atoms with Crippen LogP contribution < -0.4 is 79.8 Å². The second kappa shape index (κ2) is 40.8. The van der Waals surface area contributed by atoms with E-state index in [2.05, 4.69) is 79.5 Å². The number of nitrogens with two attached hydrogens (primary N) is 4. The van der Waals surface area contributed by atoms with Crippen LogP contribution in [0.3, 0.4) is 0 Å². The molecule has 0 spiro atoms. The first-order valence-corrected chi connectivity index (χ1v) is 40.0. The van der Waals surface area contributed by atoms with Gasteiger partial charge in [-0.15, -0.1) is 30.6 Å². The van der Waals surface area contributed by atoms with Crippen LogP contribution in [-0.2, 0) is 28.4 Å². The predicted octanol–water partition coefficient (Wildman–Crippen LogP) is 9.29. The first-order chi connectivity index (χ1) is 54.1. The highest BCUT2D eigenvalue weighted by molar-refractivity contribution is 6.38. The molecule has 642 valence electrons. The van der Waals surface area contributed by atoms with Crippen LogP contribution in [0.15, 0.2) is 72.8 Å². The standard InChI is InChI=1S/C38H60N8O8.C18H28N8.C15H29N3O4.C8H4Cl2N2.CH4O/c1-35(2,3)51-31(47)39-23-17-24(40-32(48)52-36(4,5)6)20-45(19-23)29-27-15-13-14-16-28(27)30(44-43-29)46-21-25(41-33(49)53-37(7,8)9)18-26(22-46)42-34(50)54-38(10,11)12;19-11-5-12(20)8-25(7-11)17-15-3-1-2-4-16(15)18(24-23-17)26-9-13(21)6-14(22)10-26;1-14(2,3)21-12(19)17-10-7-11(9-16-8-10)18-13(20)22-15(4,5)6;9-7-5-3-1-2-4-6(5)8(10)12-11-7;1-2/h13-16,23-26H,17-22H2,1-12H3,(H,39,47)(H,40,48)(H,41,49)(H,42,50);1-4,11-14H,5-10,19-22H2;10-11,16H,7-9H2,1-6H3,(H,17,19)(H,18,20);1-4H;2H,1H3/t23-,24+,25-,26+;11-,12+,13-,14+;10-,11+;;. The van der Waals surface area contributed by atoms with Crippen molar-refractivity contribution in [3.05, 3.63) is 83.1 Å². The first kappa shape index (κ1) is 94.0. The van der Waals surface area contributed by atoms with Gasteiger partial charge in [0, 0.05) is 141 Å². The number of hydrogen-bond donors (Lipinski definition) is 12. The summed E-state index contributed by atoms with van der Waals surface area (Å²) in [4.78, 5) is 83.3. The largest absolute Gasteiger partial charge is 0.444 e. The van der Waals surface area contributed by atoms with Crippen molar-refractivity contribution in [2.75, 3.05) is 92.2 Å². The molecule has 0 aliphatic carbocycles. The SMILES string of the molecule is CC(C)(C)OC(=O)N[C@@H]1CNC[C@H](NC(=O)OC(C)(C)C)C1.CC(C)(C)OC(=O)N[C@@H]1C[C@H](NC(=O)OC(C)(C)C)CN(c2nnc(N3C[C@H](NC(=O)OC(C)(C)C)C[C@H](NC(=O)OC(C)(C)C)C3)c3ccccc23)C1.CO.Clc1nnc(Cl)c2ccccc12.N[C@@H]1C[C@H](N)CN(c2nnc(N3C[C@H](N)C[C@H](N)C3)c3ccccc23)C1. The number of hydrogen-bond acceptors (Lipinski definition) is 28. The fourth-order valence-electron chi connectivity index (χ4n) is 13.8. The van der Waals surface area contributed by atoms with Crippen molar-refractivity contribution < 1.29 is 62.3 Å². The van der Waals surface area contributed by atoms with Gasteiger partial charge in [-0.1, -0.05) is 96.0 Å². The number of carbonyl (C=O) groups is 6. The van der Waals surface area contributed by atoms with Crippen molar-refractivity contribution >= 4 is 115 Å². The van der Waals surface area contributed by atoms with Gasteiger partial charge >= 0.3 is 36.6 Å². The van der Waals surface area contributed by atoms with Crippen molar-refractivity contribution in [1.29, 1.82) is 0 Å². The molecule has 0 unspecified atom stereocenters. The molecule has 11 rings (SSSR count). The van der Waals surface area contributed by atoms with Gasteiger partial charge in [-0.25, -0.2) is 28.8 Å². The van der Waals surface area contributed by atoms with E-state index in [9.17, 15) is 28.8 Å². The number of fused-ring (bicyclic) bond motifs is 3. The molecule has 6 aromatic rings. The van der Waals surface area contributed by atoms with Crippen LogP contribution >= 0.6 is 23.2 Å². The first-order valence-electron chi connectivity index (χ1n) is 39.3. The zero-order chi connectivity index (χ0) is 86.0. The number of rotatable bonds is 10. The van der Waals surface area contributed by atoms with E-state index in [0.29, 0.717) is 80.5 Å². The van der Waals surface area contributed by atoms with Crippen LogP contribution in [0.4, 0.5) is 52.0 Å².